The molecule has 10 heteroatoms. The van der Waals surface area contributed by atoms with Crippen LogP contribution in [0.1, 0.15) is 41.6 Å². The third kappa shape index (κ3) is 5.56. The van der Waals surface area contributed by atoms with Crippen LogP contribution in [0, 0.1) is 6.92 Å². The summed E-state index contributed by atoms with van der Waals surface area (Å²) >= 11 is 0. The minimum Gasteiger partial charge on any atom is -0.482 e. The lowest BCUT2D eigenvalue weighted by Crippen LogP contribution is -2.22. The van der Waals surface area contributed by atoms with E-state index in [1.807, 2.05) is 30.4 Å². The zero-order valence-electron chi connectivity index (χ0n) is 22.8. The second kappa shape index (κ2) is 10.6. The number of hydrogen-bond donors (Lipinski definition) is 1. The predicted octanol–water partition coefficient (Wildman–Crippen LogP) is 5.18. The number of carbonyl (C=O) groups is 1. The van der Waals surface area contributed by atoms with E-state index in [0.717, 1.165) is 39.9 Å². The Morgan fingerprint density at radius 3 is 2.57 bits per heavy atom. The third-order valence-electron chi connectivity index (χ3n) is 6.33. The highest BCUT2D eigenvalue weighted by atomic mass is 28.3. The minimum absolute atomic E-state index is 0.188. The molecule has 0 amide bonds. The maximum Gasteiger partial charge on any atom is 0.338 e. The molecule has 0 aliphatic rings. The van der Waals surface area contributed by atoms with Crippen molar-refractivity contribution in [2.45, 2.75) is 59.2 Å². The molecule has 0 aliphatic carbocycles. The summed E-state index contributed by atoms with van der Waals surface area (Å²) in [5, 5.41) is 0.976. The lowest BCUT2D eigenvalue weighted by molar-refractivity contribution is 0.0526. The quantitative estimate of drug-likeness (QED) is 0.173. The van der Waals surface area contributed by atoms with Gasteiger partial charge in [-0.25, -0.2) is 14.8 Å². The van der Waals surface area contributed by atoms with Crippen LogP contribution in [0.5, 0.6) is 5.88 Å². The number of carbonyl (C=O) groups excluding carboxylic acids is 1. The van der Waals surface area contributed by atoms with Crippen molar-refractivity contribution in [1.29, 1.82) is 0 Å². The Labute approximate surface area is 218 Å². The van der Waals surface area contributed by atoms with Gasteiger partial charge < -0.3 is 19.9 Å². The highest BCUT2D eigenvalue weighted by Gasteiger charge is 2.22. The van der Waals surface area contributed by atoms with Crippen molar-refractivity contribution >= 4 is 30.7 Å². The summed E-state index contributed by atoms with van der Waals surface area (Å²) < 4.78 is 20.9. The Bertz CT molecular complexity index is 1430. The number of methoxy groups -OCH3 is 1. The van der Waals surface area contributed by atoms with E-state index in [9.17, 15) is 4.79 Å². The molecule has 4 aromatic rings. The highest BCUT2D eigenvalue weighted by Crippen LogP contribution is 2.33. The lowest BCUT2D eigenvalue weighted by atomic mass is 10.2. The molecule has 9 nitrogen and oxygen atoms in total. The first-order valence-electron chi connectivity index (χ1n) is 12.6. The molecule has 2 N–H and O–H groups in total. The second-order valence-corrected chi connectivity index (χ2v) is 16.1. The first kappa shape index (κ1) is 26.8. The van der Waals surface area contributed by atoms with E-state index >= 15 is 0 Å². The molecule has 0 spiro atoms. The van der Waals surface area contributed by atoms with E-state index < -0.39 is 14.0 Å². The van der Waals surface area contributed by atoms with E-state index in [1.54, 1.807) is 26.2 Å². The molecule has 4 heterocycles. The molecule has 1 atom stereocenters. The molecule has 4 aromatic heterocycles. The van der Waals surface area contributed by atoms with E-state index in [2.05, 4.69) is 30.3 Å². The number of pyridine rings is 2. The minimum atomic E-state index is -1.23. The standard InChI is InChI=1S/C27H37N5O4Si/c1-8-36-27(33)20-14-23-30-25(18(3)32(23)24(15-20)34-4)22-13-19-9-10-21(17(2)28)29-26(19)31(22)16-35-11-12-37(5,6)7/h9-10,13-15,17H,8,11-12,16,28H2,1-7H3/t17-/m1/s1. The van der Waals surface area contributed by atoms with Crippen LogP contribution >= 0.6 is 0 Å². The van der Waals surface area contributed by atoms with Crippen LogP contribution in [-0.4, -0.2) is 53.3 Å². The maximum absolute atomic E-state index is 12.4. The maximum atomic E-state index is 12.4. The average molecular weight is 524 g/mol. The van der Waals surface area contributed by atoms with Crippen molar-refractivity contribution < 1.29 is 19.0 Å². The molecule has 0 bridgehead atoms. The fraction of sp³-hybridized carbons (Fsp3) is 0.444. The summed E-state index contributed by atoms with van der Waals surface area (Å²) in [6.07, 6.45) is 0. The molecule has 37 heavy (non-hydrogen) atoms. The SMILES string of the molecule is CCOC(=O)c1cc(OC)n2c(C)c(-c3cc4ccc([C@@H](C)N)nc4n3COCC[Si](C)(C)C)nc2c1. The number of nitrogens with zero attached hydrogens (tertiary/aromatic N) is 4. The topological polar surface area (TPSA) is 106 Å². The fourth-order valence-corrected chi connectivity index (χ4v) is 5.01. The number of hydrogen-bond acceptors (Lipinski definition) is 7. The Balaban J connectivity index is 1.85. The molecule has 0 saturated heterocycles. The Kier molecular flexibility index (Phi) is 7.72. The number of aryl methyl sites for hydroxylation is 1. The molecule has 0 saturated carbocycles. The highest BCUT2D eigenvalue weighted by molar-refractivity contribution is 6.76. The number of nitrogens with two attached hydrogens (primary N) is 1. The number of esters is 1. The summed E-state index contributed by atoms with van der Waals surface area (Å²) in [4.78, 5) is 22.2. The largest absolute Gasteiger partial charge is 0.482 e. The molecular formula is C27H37N5O4Si. The zero-order valence-corrected chi connectivity index (χ0v) is 23.8. The van der Waals surface area contributed by atoms with Crippen molar-refractivity contribution in [2.75, 3.05) is 20.3 Å². The summed E-state index contributed by atoms with van der Waals surface area (Å²) in [5.41, 5.74) is 11.2. The van der Waals surface area contributed by atoms with Gasteiger partial charge >= 0.3 is 5.97 Å². The molecule has 0 fully saturated rings. The smallest absolute Gasteiger partial charge is 0.338 e. The van der Waals surface area contributed by atoms with Gasteiger partial charge in [0.2, 0.25) is 0 Å². The zero-order chi connectivity index (χ0) is 26.9. The third-order valence-corrected chi connectivity index (χ3v) is 8.03. The van der Waals surface area contributed by atoms with Crippen LogP contribution in [0.15, 0.2) is 30.3 Å². The van der Waals surface area contributed by atoms with E-state index in [-0.39, 0.29) is 6.04 Å². The monoisotopic (exact) mass is 523 g/mol. The molecule has 0 unspecified atom stereocenters. The summed E-state index contributed by atoms with van der Waals surface area (Å²) in [6, 6.07) is 10.3. The summed E-state index contributed by atoms with van der Waals surface area (Å²) in [7, 11) is 0.344. The van der Waals surface area contributed by atoms with Gasteiger partial charge in [0, 0.05) is 32.2 Å². The van der Waals surface area contributed by atoms with Crippen molar-refractivity contribution in [3.63, 3.8) is 0 Å². The number of aromatic nitrogens is 4. The van der Waals surface area contributed by atoms with Gasteiger partial charge in [-0.2, -0.15) is 0 Å². The van der Waals surface area contributed by atoms with Crippen molar-refractivity contribution in [2.24, 2.45) is 5.73 Å². The molecule has 198 valence electrons. The normalized spacial score (nSPS) is 12.9. The molecule has 0 aliphatic heterocycles. The Morgan fingerprint density at radius 1 is 1.16 bits per heavy atom. The lowest BCUT2D eigenvalue weighted by Gasteiger charge is -2.16. The van der Waals surface area contributed by atoms with E-state index in [4.69, 9.17) is 29.9 Å². The van der Waals surface area contributed by atoms with Gasteiger partial charge in [-0.1, -0.05) is 19.6 Å². The molecule has 4 rings (SSSR count). The van der Waals surface area contributed by atoms with Crippen LogP contribution in [-0.2, 0) is 16.2 Å². The van der Waals surface area contributed by atoms with Crippen LogP contribution in [0.4, 0.5) is 0 Å². The van der Waals surface area contributed by atoms with Crippen LogP contribution in [0.25, 0.3) is 28.1 Å². The summed E-state index contributed by atoms with van der Waals surface area (Å²) in [6.45, 7) is 14.0. The molecule has 0 aromatic carbocycles. The van der Waals surface area contributed by atoms with Crippen molar-refractivity contribution in [3.8, 4) is 17.3 Å². The second-order valence-electron chi connectivity index (χ2n) is 10.5. The van der Waals surface area contributed by atoms with E-state index in [0.29, 0.717) is 37.0 Å². The predicted molar refractivity (Wildman–Crippen MR) is 148 cm³/mol. The van der Waals surface area contributed by atoms with Crippen molar-refractivity contribution in [1.82, 2.24) is 18.9 Å². The van der Waals surface area contributed by atoms with Gasteiger partial charge in [0.1, 0.15) is 23.7 Å². The number of rotatable bonds is 10. The van der Waals surface area contributed by atoms with Gasteiger partial charge in [0.15, 0.2) is 5.88 Å². The van der Waals surface area contributed by atoms with Crippen LogP contribution in [0.3, 0.4) is 0 Å². The number of imidazole rings is 1. The Hall–Kier alpha value is -3.21. The Morgan fingerprint density at radius 2 is 1.92 bits per heavy atom. The van der Waals surface area contributed by atoms with Gasteiger partial charge in [0.05, 0.1) is 36.4 Å². The first-order valence-corrected chi connectivity index (χ1v) is 16.3. The number of ether oxygens (including phenoxy) is 3. The van der Waals surface area contributed by atoms with Crippen LogP contribution < -0.4 is 10.5 Å². The van der Waals surface area contributed by atoms with Gasteiger partial charge in [0.25, 0.3) is 0 Å². The average Bonchev–Trinajstić information content (AvgIpc) is 3.37. The first-order chi connectivity index (χ1) is 17.5. The van der Waals surface area contributed by atoms with Gasteiger partial charge in [-0.15, -0.1) is 0 Å². The van der Waals surface area contributed by atoms with E-state index in [1.165, 1.54) is 0 Å². The van der Waals surface area contributed by atoms with Gasteiger partial charge in [-0.3, -0.25) is 8.97 Å². The van der Waals surface area contributed by atoms with Crippen molar-refractivity contribution in [3.05, 3.63) is 47.3 Å². The number of fused-ring (bicyclic) bond motifs is 2. The van der Waals surface area contributed by atoms with Gasteiger partial charge in [-0.05, 0) is 51.1 Å². The molecule has 0 radical (unpaired) electrons. The van der Waals surface area contributed by atoms with Crippen LogP contribution in [0.2, 0.25) is 25.7 Å². The molecular weight excluding hydrogens is 486 g/mol. The summed E-state index contributed by atoms with van der Waals surface area (Å²) in [5.74, 6) is 0.0891. The fourth-order valence-electron chi connectivity index (χ4n) is 4.26.